The Kier molecular flexibility index (Phi) is 5.03. The van der Waals surface area contributed by atoms with Crippen LogP contribution in [0.2, 0.25) is 0 Å². The lowest BCUT2D eigenvalue weighted by Gasteiger charge is -2.24. The van der Waals surface area contributed by atoms with Crippen LogP contribution in [-0.4, -0.2) is 42.5 Å². The van der Waals surface area contributed by atoms with Crippen molar-refractivity contribution in [3.63, 3.8) is 0 Å². The molecule has 8 nitrogen and oxygen atoms in total. The number of aromatic nitrogens is 1. The molecule has 1 aromatic heterocycles. The number of rotatable bonds is 6. The van der Waals surface area contributed by atoms with Crippen molar-refractivity contribution in [2.45, 2.75) is 25.8 Å². The van der Waals surface area contributed by atoms with Crippen molar-refractivity contribution in [2.75, 3.05) is 35.6 Å². The van der Waals surface area contributed by atoms with Crippen molar-refractivity contribution >= 4 is 29.1 Å². The number of nitrogens with two attached hydrogens (primary N) is 2. The van der Waals surface area contributed by atoms with Gasteiger partial charge in [-0.1, -0.05) is 0 Å². The third-order valence-electron chi connectivity index (χ3n) is 3.58. The van der Waals surface area contributed by atoms with Gasteiger partial charge in [-0.25, -0.2) is 4.98 Å². The summed E-state index contributed by atoms with van der Waals surface area (Å²) in [5.41, 5.74) is 11.8. The van der Waals surface area contributed by atoms with Crippen molar-refractivity contribution < 1.29 is 9.59 Å². The van der Waals surface area contributed by atoms with Crippen LogP contribution in [0.25, 0.3) is 0 Å². The number of hydrogen-bond donors (Lipinski definition) is 4. The zero-order valence-corrected chi connectivity index (χ0v) is 12.6. The molecule has 1 aliphatic rings. The van der Waals surface area contributed by atoms with Crippen LogP contribution in [0.5, 0.6) is 0 Å². The molecule has 0 aliphatic carbocycles. The van der Waals surface area contributed by atoms with E-state index in [-0.39, 0.29) is 17.9 Å². The summed E-state index contributed by atoms with van der Waals surface area (Å²) in [7, 11) is 0. The van der Waals surface area contributed by atoms with Gasteiger partial charge in [-0.15, -0.1) is 0 Å². The van der Waals surface area contributed by atoms with Crippen LogP contribution in [0.15, 0.2) is 12.1 Å². The number of carbonyl (C=O) groups is 2. The van der Waals surface area contributed by atoms with E-state index < -0.39 is 0 Å². The minimum absolute atomic E-state index is 0.0853. The number of pyridine rings is 1. The van der Waals surface area contributed by atoms with Crippen LogP contribution in [0, 0.1) is 0 Å². The molecule has 0 radical (unpaired) electrons. The van der Waals surface area contributed by atoms with Gasteiger partial charge in [-0.3, -0.25) is 9.59 Å². The van der Waals surface area contributed by atoms with E-state index in [1.807, 2.05) is 4.90 Å². The minimum Gasteiger partial charge on any atom is -0.396 e. The summed E-state index contributed by atoms with van der Waals surface area (Å²) in [6.07, 6.45) is 1.65. The molecule has 1 unspecified atom stereocenters. The van der Waals surface area contributed by atoms with E-state index in [0.29, 0.717) is 30.4 Å². The predicted octanol–water partition coefficient (Wildman–Crippen LogP) is -0.334. The molecule has 1 saturated heterocycles. The molecule has 22 heavy (non-hydrogen) atoms. The van der Waals surface area contributed by atoms with Crippen LogP contribution in [0.3, 0.4) is 0 Å². The van der Waals surface area contributed by atoms with Crippen molar-refractivity contribution in [3.05, 3.63) is 12.1 Å². The van der Waals surface area contributed by atoms with E-state index in [0.717, 1.165) is 19.4 Å². The van der Waals surface area contributed by atoms with Crippen LogP contribution in [-0.2, 0) is 9.59 Å². The monoisotopic (exact) mass is 306 g/mol. The second-order valence-electron chi connectivity index (χ2n) is 5.27. The Morgan fingerprint density at radius 3 is 2.86 bits per heavy atom. The maximum absolute atomic E-state index is 11.5. The Hall–Kier alpha value is -2.51. The van der Waals surface area contributed by atoms with E-state index in [2.05, 4.69) is 15.6 Å². The normalized spacial score (nSPS) is 17.3. The quantitative estimate of drug-likeness (QED) is 0.533. The summed E-state index contributed by atoms with van der Waals surface area (Å²) in [6.45, 7) is 3.20. The maximum atomic E-state index is 11.5. The fourth-order valence-electron chi connectivity index (χ4n) is 2.52. The van der Waals surface area contributed by atoms with Crippen LogP contribution >= 0.6 is 0 Å². The van der Waals surface area contributed by atoms with E-state index in [1.54, 1.807) is 12.1 Å². The summed E-state index contributed by atoms with van der Waals surface area (Å²) >= 11 is 0. The number of hydrogen-bond acceptors (Lipinski definition) is 6. The number of amides is 2. The van der Waals surface area contributed by atoms with Gasteiger partial charge in [-0.2, -0.15) is 0 Å². The Bertz CT molecular complexity index is 562. The van der Waals surface area contributed by atoms with E-state index in [1.165, 1.54) is 6.92 Å². The summed E-state index contributed by atoms with van der Waals surface area (Å²) in [5, 5.41) is 5.77. The van der Waals surface area contributed by atoms with Gasteiger partial charge in [0.1, 0.15) is 11.9 Å². The van der Waals surface area contributed by atoms with Gasteiger partial charge < -0.3 is 27.0 Å². The molecule has 2 heterocycles. The van der Waals surface area contributed by atoms with Gasteiger partial charge >= 0.3 is 0 Å². The second kappa shape index (κ2) is 6.97. The molecule has 1 aliphatic heterocycles. The van der Waals surface area contributed by atoms with Gasteiger partial charge in [0.15, 0.2) is 5.82 Å². The Morgan fingerprint density at radius 1 is 1.41 bits per heavy atom. The standard InChI is InChI=1S/C14H22N6O2/c1-9(21)17-6-7-18-14-10(15)4-5-12(19-14)20-8-2-3-11(20)13(16)22/h4-5,11H,2-3,6-8,15H2,1H3,(H2,16,22)(H,17,21)(H,18,19). The molecule has 1 fully saturated rings. The van der Waals surface area contributed by atoms with Gasteiger partial charge in [-0.05, 0) is 25.0 Å². The Morgan fingerprint density at radius 2 is 2.18 bits per heavy atom. The number of nitrogen functional groups attached to an aromatic ring is 1. The average Bonchev–Trinajstić information content (AvgIpc) is 2.94. The van der Waals surface area contributed by atoms with E-state index in [4.69, 9.17) is 11.5 Å². The molecular weight excluding hydrogens is 284 g/mol. The first-order chi connectivity index (χ1) is 10.5. The van der Waals surface area contributed by atoms with Crippen molar-refractivity contribution in [2.24, 2.45) is 5.73 Å². The summed E-state index contributed by atoms with van der Waals surface area (Å²) in [4.78, 5) is 28.7. The number of nitrogens with zero attached hydrogens (tertiary/aromatic N) is 2. The fraction of sp³-hybridized carbons (Fsp3) is 0.500. The highest BCUT2D eigenvalue weighted by Gasteiger charge is 2.30. The molecule has 0 spiro atoms. The second-order valence-corrected chi connectivity index (χ2v) is 5.27. The summed E-state index contributed by atoms with van der Waals surface area (Å²) in [6, 6.07) is 3.22. The summed E-state index contributed by atoms with van der Waals surface area (Å²) < 4.78 is 0. The molecule has 1 atom stereocenters. The maximum Gasteiger partial charge on any atom is 0.240 e. The predicted molar refractivity (Wildman–Crippen MR) is 85.4 cm³/mol. The lowest BCUT2D eigenvalue weighted by atomic mass is 10.2. The third kappa shape index (κ3) is 3.78. The lowest BCUT2D eigenvalue weighted by Crippen LogP contribution is -2.40. The van der Waals surface area contributed by atoms with Crippen LogP contribution in [0.1, 0.15) is 19.8 Å². The van der Waals surface area contributed by atoms with Gasteiger partial charge in [0.2, 0.25) is 11.8 Å². The van der Waals surface area contributed by atoms with E-state index in [9.17, 15) is 9.59 Å². The molecule has 6 N–H and O–H groups in total. The van der Waals surface area contributed by atoms with Crippen LogP contribution in [0.4, 0.5) is 17.3 Å². The number of primary amides is 1. The molecule has 0 aromatic carbocycles. The summed E-state index contributed by atoms with van der Waals surface area (Å²) in [5.74, 6) is 0.796. The van der Waals surface area contributed by atoms with Gasteiger partial charge in [0.05, 0.1) is 5.69 Å². The largest absolute Gasteiger partial charge is 0.396 e. The van der Waals surface area contributed by atoms with Gasteiger partial charge in [0.25, 0.3) is 0 Å². The zero-order valence-electron chi connectivity index (χ0n) is 12.6. The number of anilines is 3. The SMILES string of the molecule is CC(=O)NCCNc1nc(N2CCCC2C(N)=O)ccc1N. The highest BCUT2D eigenvalue weighted by atomic mass is 16.2. The van der Waals surface area contributed by atoms with E-state index >= 15 is 0 Å². The van der Waals surface area contributed by atoms with Gasteiger partial charge in [0, 0.05) is 26.6 Å². The first-order valence-corrected chi connectivity index (χ1v) is 7.30. The topological polar surface area (TPSA) is 126 Å². The average molecular weight is 306 g/mol. The fourth-order valence-corrected chi connectivity index (χ4v) is 2.52. The third-order valence-corrected chi connectivity index (χ3v) is 3.58. The van der Waals surface area contributed by atoms with Crippen LogP contribution < -0.4 is 27.0 Å². The first kappa shape index (κ1) is 15.9. The molecular formula is C14H22N6O2. The highest BCUT2D eigenvalue weighted by molar-refractivity contribution is 5.84. The van der Waals surface area contributed by atoms with Crippen molar-refractivity contribution in [1.29, 1.82) is 0 Å². The van der Waals surface area contributed by atoms with Crippen molar-refractivity contribution in [1.82, 2.24) is 10.3 Å². The molecule has 0 saturated carbocycles. The smallest absolute Gasteiger partial charge is 0.240 e. The van der Waals surface area contributed by atoms with Crippen molar-refractivity contribution in [3.8, 4) is 0 Å². The number of nitrogens with one attached hydrogen (secondary N) is 2. The zero-order chi connectivity index (χ0) is 16.1. The lowest BCUT2D eigenvalue weighted by molar-refractivity contribution is -0.119. The molecule has 8 heteroatoms. The molecule has 1 aromatic rings. The first-order valence-electron chi connectivity index (χ1n) is 7.30. The molecule has 2 amide bonds. The Labute approximate surface area is 129 Å². The number of carbonyl (C=O) groups excluding carboxylic acids is 2. The molecule has 120 valence electrons. The molecule has 2 rings (SSSR count). The minimum atomic E-state index is -0.337. The molecule has 0 bridgehead atoms. The Balaban J connectivity index is 2.06. The highest BCUT2D eigenvalue weighted by Crippen LogP contribution is 2.27.